The van der Waals surface area contributed by atoms with Gasteiger partial charge in [-0.1, -0.05) is 24.6 Å². The minimum absolute atomic E-state index is 0.584. The monoisotopic (exact) mass is 210 g/mol. The first-order valence-corrected chi connectivity index (χ1v) is 5.51. The first kappa shape index (κ1) is 9.78. The summed E-state index contributed by atoms with van der Waals surface area (Å²) in [4.78, 5) is 6.64. The standard InChI is InChI=1S/C11H15ClN2/c1-9-4-3-7-14(8-9)11-6-2-5-10(12)13-11/h2,5-6,9H,3-4,7-8H2,1H3/t9-/m0/s1. The largest absolute Gasteiger partial charge is 0.356 e. The van der Waals surface area contributed by atoms with Crippen LogP contribution in [0.25, 0.3) is 0 Å². The molecule has 0 unspecified atom stereocenters. The Balaban J connectivity index is 2.14. The van der Waals surface area contributed by atoms with E-state index in [1.54, 1.807) is 0 Å². The van der Waals surface area contributed by atoms with Crippen molar-refractivity contribution in [3.05, 3.63) is 23.4 Å². The first-order chi connectivity index (χ1) is 6.75. The second-order valence-corrected chi connectivity index (χ2v) is 4.40. The smallest absolute Gasteiger partial charge is 0.131 e. The molecule has 2 heterocycles. The van der Waals surface area contributed by atoms with Crippen LogP contribution in [0, 0.1) is 5.92 Å². The third kappa shape index (κ3) is 2.18. The molecule has 1 aromatic rings. The van der Waals surface area contributed by atoms with Gasteiger partial charge in [0.05, 0.1) is 0 Å². The Bertz CT molecular complexity index is 314. The molecule has 1 aromatic heterocycles. The molecular formula is C11H15ClN2. The average molecular weight is 211 g/mol. The third-order valence-corrected chi connectivity index (χ3v) is 2.89. The number of hydrogen-bond donors (Lipinski definition) is 0. The number of aromatic nitrogens is 1. The summed E-state index contributed by atoms with van der Waals surface area (Å²) in [6.07, 6.45) is 2.59. The highest BCUT2D eigenvalue weighted by Crippen LogP contribution is 2.22. The van der Waals surface area contributed by atoms with E-state index in [4.69, 9.17) is 11.6 Å². The minimum atomic E-state index is 0.584. The highest BCUT2D eigenvalue weighted by molar-refractivity contribution is 6.29. The van der Waals surface area contributed by atoms with Crippen molar-refractivity contribution >= 4 is 17.4 Å². The van der Waals surface area contributed by atoms with E-state index in [-0.39, 0.29) is 0 Å². The normalized spacial score (nSPS) is 22.4. The van der Waals surface area contributed by atoms with Gasteiger partial charge in [-0.05, 0) is 30.9 Å². The van der Waals surface area contributed by atoms with Crippen LogP contribution in [0.1, 0.15) is 19.8 Å². The number of anilines is 1. The fourth-order valence-electron chi connectivity index (χ4n) is 1.97. The van der Waals surface area contributed by atoms with Crippen molar-refractivity contribution in [2.75, 3.05) is 18.0 Å². The molecule has 0 radical (unpaired) electrons. The van der Waals surface area contributed by atoms with Crippen LogP contribution < -0.4 is 4.90 Å². The van der Waals surface area contributed by atoms with E-state index in [1.807, 2.05) is 18.2 Å². The SMILES string of the molecule is C[C@H]1CCCN(c2cccc(Cl)n2)C1. The summed E-state index contributed by atoms with van der Waals surface area (Å²) in [5.41, 5.74) is 0. The lowest BCUT2D eigenvalue weighted by Crippen LogP contribution is -2.34. The third-order valence-electron chi connectivity index (χ3n) is 2.68. The Morgan fingerprint density at radius 2 is 2.36 bits per heavy atom. The van der Waals surface area contributed by atoms with Crippen LogP contribution >= 0.6 is 11.6 Å². The Morgan fingerprint density at radius 1 is 1.50 bits per heavy atom. The molecule has 1 fully saturated rings. The summed E-state index contributed by atoms with van der Waals surface area (Å²) in [5.74, 6) is 1.79. The van der Waals surface area contributed by atoms with Crippen molar-refractivity contribution in [3.63, 3.8) is 0 Å². The zero-order chi connectivity index (χ0) is 9.97. The van der Waals surface area contributed by atoms with Gasteiger partial charge in [-0.25, -0.2) is 4.98 Å². The Morgan fingerprint density at radius 3 is 3.07 bits per heavy atom. The van der Waals surface area contributed by atoms with Gasteiger partial charge in [0.25, 0.3) is 0 Å². The maximum Gasteiger partial charge on any atom is 0.131 e. The molecule has 0 N–H and O–H groups in total. The van der Waals surface area contributed by atoms with Gasteiger partial charge in [0.2, 0.25) is 0 Å². The first-order valence-electron chi connectivity index (χ1n) is 5.13. The van der Waals surface area contributed by atoms with Gasteiger partial charge in [-0.3, -0.25) is 0 Å². The van der Waals surface area contributed by atoms with Crippen molar-refractivity contribution in [3.8, 4) is 0 Å². The fourth-order valence-corrected chi connectivity index (χ4v) is 2.13. The van der Waals surface area contributed by atoms with Crippen molar-refractivity contribution < 1.29 is 0 Å². The van der Waals surface area contributed by atoms with Gasteiger partial charge < -0.3 is 4.90 Å². The minimum Gasteiger partial charge on any atom is -0.356 e. The molecule has 0 bridgehead atoms. The molecule has 0 amide bonds. The summed E-state index contributed by atoms with van der Waals surface area (Å²) in [6, 6.07) is 5.81. The van der Waals surface area contributed by atoms with Gasteiger partial charge in [-0.15, -0.1) is 0 Å². The van der Waals surface area contributed by atoms with Crippen LogP contribution in [0.15, 0.2) is 18.2 Å². The van der Waals surface area contributed by atoms with E-state index >= 15 is 0 Å². The molecule has 0 saturated carbocycles. The topological polar surface area (TPSA) is 16.1 Å². The molecule has 1 atom stereocenters. The van der Waals surface area contributed by atoms with E-state index in [9.17, 15) is 0 Å². The van der Waals surface area contributed by atoms with Crippen LogP contribution in [0.3, 0.4) is 0 Å². The molecule has 2 nitrogen and oxygen atoms in total. The molecule has 1 aliphatic heterocycles. The van der Waals surface area contributed by atoms with E-state index in [2.05, 4.69) is 16.8 Å². The number of hydrogen-bond acceptors (Lipinski definition) is 2. The Labute approximate surface area is 89.9 Å². The lowest BCUT2D eigenvalue weighted by atomic mass is 10.0. The highest BCUT2D eigenvalue weighted by atomic mass is 35.5. The number of piperidine rings is 1. The van der Waals surface area contributed by atoms with Crippen molar-refractivity contribution in [2.24, 2.45) is 5.92 Å². The summed E-state index contributed by atoms with van der Waals surface area (Å²) in [7, 11) is 0. The summed E-state index contributed by atoms with van der Waals surface area (Å²) >= 11 is 5.86. The molecule has 1 aliphatic rings. The Kier molecular flexibility index (Phi) is 2.92. The maximum absolute atomic E-state index is 5.86. The predicted octanol–water partition coefficient (Wildman–Crippen LogP) is 2.97. The van der Waals surface area contributed by atoms with Gasteiger partial charge in [0.1, 0.15) is 11.0 Å². The van der Waals surface area contributed by atoms with Crippen LogP contribution in [0.5, 0.6) is 0 Å². The lowest BCUT2D eigenvalue weighted by molar-refractivity contribution is 0.444. The van der Waals surface area contributed by atoms with Gasteiger partial charge in [0, 0.05) is 13.1 Å². The van der Waals surface area contributed by atoms with Crippen LogP contribution in [0.2, 0.25) is 5.15 Å². The summed E-state index contributed by atoms with van der Waals surface area (Å²) in [6.45, 7) is 4.50. The second kappa shape index (κ2) is 4.18. The van der Waals surface area contributed by atoms with E-state index < -0.39 is 0 Å². The van der Waals surface area contributed by atoms with E-state index in [0.29, 0.717) is 5.15 Å². The van der Waals surface area contributed by atoms with Crippen molar-refractivity contribution in [1.29, 1.82) is 0 Å². The maximum atomic E-state index is 5.86. The molecule has 3 heteroatoms. The Hall–Kier alpha value is -0.760. The van der Waals surface area contributed by atoms with Crippen LogP contribution in [-0.4, -0.2) is 18.1 Å². The van der Waals surface area contributed by atoms with Gasteiger partial charge in [0.15, 0.2) is 0 Å². The zero-order valence-corrected chi connectivity index (χ0v) is 9.17. The lowest BCUT2D eigenvalue weighted by Gasteiger charge is -2.31. The zero-order valence-electron chi connectivity index (χ0n) is 8.41. The molecule has 0 spiro atoms. The summed E-state index contributed by atoms with van der Waals surface area (Å²) in [5, 5.41) is 0.584. The van der Waals surface area contributed by atoms with Gasteiger partial charge in [-0.2, -0.15) is 0 Å². The molecule has 76 valence electrons. The van der Waals surface area contributed by atoms with E-state index in [1.165, 1.54) is 12.8 Å². The van der Waals surface area contributed by atoms with Crippen LogP contribution in [0.4, 0.5) is 5.82 Å². The predicted molar refractivity (Wildman–Crippen MR) is 59.9 cm³/mol. The molecule has 14 heavy (non-hydrogen) atoms. The molecule has 0 aromatic carbocycles. The highest BCUT2D eigenvalue weighted by Gasteiger charge is 2.17. The molecule has 2 rings (SSSR count). The second-order valence-electron chi connectivity index (χ2n) is 4.01. The van der Waals surface area contributed by atoms with Gasteiger partial charge >= 0.3 is 0 Å². The molecular weight excluding hydrogens is 196 g/mol. The number of rotatable bonds is 1. The number of halogens is 1. The average Bonchev–Trinajstić information content (AvgIpc) is 2.18. The molecule has 1 saturated heterocycles. The van der Waals surface area contributed by atoms with Crippen LogP contribution in [-0.2, 0) is 0 Å². The summed E-state index contributed by atoms with van der Waals surface area (Å²) < 4.78 is 0. The van der Waals surface area contributed by atoms with E-state index in [0.717, 1.165) is 24.8 Å². The molecule has 0 aliphatic carbocycles. The quantitative estimate of drug-likeness (QED) is 0.663. The fraction of sp³-hybridized carbons (Fsp3) is 0.545. The van der Waals surface area contributed by atoms with Crippen molar-refractivity contribution in [1.82, 2.24) is 4.98 Å². The van der Waals surface area contributed by atoms with Crippen molar-refractivity contribution in [2.45, 2.75) is 19.8 Å². The number of pyridine rings is 1. The number of nitrogens with zero attached hydrogens (tertiary/aromatic N) is 2.